The Hall–Kier alpha value is -1.25. The van der Waals surface area contributed by atoms with Gasteiger partial charge in [-0.15, -0.1) is 11.8 Å². The van der Waals surface area contributed by atoms with E-state index in [9.17, 15) is 0 Å². The molecule has 0 spiro atoms. The summed E-state index contributed by atoms with van der Waals surface area (Å²) >= 11 is 2.00. The molecule has 1 aliphatic heterocycles. The molecule has 1 aliphatic rings. The number of hydrogen-bond acceptors (Lipinski definition) is 2. The average molecular weight is 368 g/mol. The molecule has 0 aromatic heterocycles. The van der Waals surface area contributed by atoms with Gasteiger partial charge in [0.1, 0.15) is 0 Å². The maximum atomic E-state index is 3.71. The van der Waals surface area contributed by atoms with Crippen molar-refractivity contribution >= 4 is 11.8 Å². The van der Waals surface area contributed by atoms with Gasteiger partial charge in [-0.25, -0.2) is 0 Å². The van der Waals surface area contributed by atoms with Crippen molar-refractivity contribution in [1.82, 2.24) is 5.32 Å². The zero-order chi connectivity index (χ0) is 18.9. The fourth-order valence-corrected chi connectivity index (χ4v) is 4.68. The summed E-state index contributed by atoms with van der Waals surface area (Å²) in [6.45, 7) is 13.7. The quantitative estimate of drug-likeness (QED) is 0.706. The van der Waals surface area contributed by atoms with Crippen molar-refractivity contribution < 1.29 is 0 Å². The van der Waals surface area contributed by atoms with E-state index in [1.807, 2.05) is 11.8 Å². The third-order valence-corrected chi connectivity index (χ3v) is 6.38. The molecule has 1 unspecified atom stereocenters. The van der Waals surface area contributed by atoms with Crippen molar-refractivity contribution in [3.63, 3.8) is 0 Å². The third kappa shape index (κ3) is 4.35. The van der Waals surface area contributed by atoms with Gasteiger partial charge >= 0.3 is 0 Å². The maximum absolute atomic E-state index is 3.71. The highest BCUT2D eigenvalue weighted by Crippen LogP contribution is 2.35. The first-order chi connectivity index (χ1) is 12.2. The van der Waals surface area contributed by atoms with Crippen LogP contribution in [0.2, 0.25) is 0 Å². The van der Waals surface area contributed by atoms with Crippen LogP contribution in [-0.2, 0) is 10.8 Å². The highest BCUT2D eigenvalue weighted by atomic mass is 32.2. The van der Waals surface area contributed by atoms with E-state index in [1.165, 1.54) is 28.0 Å². The van der Waals surface area contributed by atoms with Crippen LogP contribution in [0.1, 0.15) is 69.7 Å². The van der Waals surface area contributed by atoms with Gasteiger partial charge in [-0.05, 0) is 33.1 Å². The fourth-order valence-electron chi connectivity index (χ4n) is 3.66. The van der Waals surface area contributed by atoms with Gasteiger partial charge in [0, 0.05) is 23.6 Å². The van der Waals surface area contributed by atoms with Crippen LogP contribution in [0.5, 0.6) is 0 Å². The summed E-state index contributed by atoms with van der Waals surface area (Å²) in [4.78, 5) is 0. The molecule has 0 amide bonds. The smallest absolute Gasteiger partial charge is 0.0421 e. The van der Waals surface area contributed by atoms with E-state index in [2.05, 4.69) is 95.4 Å². The van der Waals surface area contributed by atoms with Crippen molar-refractivity contribution in [3.8, 4) is 0 Å². The van der Waals surface area contributed by atoms with Crippen molar-refractivity contribution in [3.05, 3.63) is 70.8 Å². The predicted molar refractivity (Wildman–Crippen MR) is 116 cm³/mol. The summed E-state index contributed by atoms with van der Waals surface area (Å²) < 4.78 is 0. The summed E-state index contributed by atoms with van der Waals surface area (Å²) in [5, 5.41) is 3.71. The van der Waals surface area contributed by atoms with E-state index in [0.29, 0.717) is 12.0 Å². The molecule has 140 valence electrons. The maximum Gasteiger partial charge on any atom is 0.0421 e. The second-order valence-electron chi connectivity index (χ2n) is 9.55. The van der Waals surface area contributed by atoms with Gasteiger partial charge in [0.25, 0.3) is 0 Å². The molecule has 26 heavy (non-hydrogen) atoms. The number of thioether (sulfide) groups is 1. The van der Waals surface area contributed by atoms with Gasteiger partial charge in [0.2, 0.25) is 0 Å². The van der Waals surface area contributed by atoms with Crippen molar-refractivity contribution in [2.45, 2.75) is 64.3 Å². The second-order valence-corrected chi connectivity index (χ2v) is 10.6. The monoisotopic (exact) mass is 367 g/mol. The molecule has 1 N–H and O–H groups in total. The normalized spacial score (nSPS) is 18.5. The molecule has 1 nitrogen and oxygen atoms in total. The Morgan fingerprint density at radius 3 is 1.50 bits per heavy atom. The largest absolute Gasteiger partial charge is 0.303 e. The molecule has 0 aliphatic carbocycles. The van der Waals surface area contributed by atoms with Crippen LogP contribution < -0.4 is 5.32 Å². The van der Waals surface area contributed by atoms with Gasteiger partial charge in [0.15, 0.2) is 0 Å². The summed E-state index contributed by atoms with van der Waals surface area (Å²) in [6.07, 6.45) is 0. The van der Waals surface area contributed by atoms with Gasteiger partial charge in [-0.3, -0.25) is 0 Å². The van der Waals surface area contributed by atoms with E-state index >= 15 is 0 Å². The molecular weight excluding hydrogens is 334 g/mol. The zero-order valence-corrected chi connectivity index (χ0v) is 17.9. The Morgan fingerprint density at radius 1 is 0.769 bits per heavy atom. The molecular formula is C24H33NS. The first-order valence-electron chi connectivity index (χ1n) is 9.68. The van der Waals surface area contributed by atoms with Gasteiger partial charge in [-0.1, -0.05) is 90.1 Å². The summed E-state index contributed by atoms with van der Waals surface area (Å²) in [6, 6.07) is 19.1. The lowest BCUT2D eigenvalue weighted by atomic mass is 9.81. The van der Waals surface area contributed by atoms with Crippen LogP contribution in [0.15, 0.2) is 48.5 Å². The molecule has 3 rings (SSSR count). The molecule has 0 bridgehead atoms. The molecule has 1 atom stereocenters. The lowest BCUT2D eigenvalue weighted by Crippen LogP contribution is -2.32. The molecule has 2 heteroatoms. The Bertz CT molecular complexity index is 653. The van der Waals surface area contributed by atoms with Gasteiger partial charge in [-0.2, -0.15) is 0 Å². The standard InChI is InChI=1S/C24H33NS/c1-23(2,3)19-11-7-17(8-12-19)22(21-15-26-16-25-21)18-9-13-20(14-10-18)24(4,5)6/h7-14,21-22,25H,15-16H2,1-6H3. The Labute approximate surface area is 164 Å². The second kappa shape index (κ2) is 7.40. The van der Waals surface area contributed by atoms with E-state index < -0.39 is 0 Å². The van der Waals surface area contributed by atoms with Crippen LogP contribution in [0, 0.1) is 0 Å². The van der Waals surface area contributed by atoms with Gasteiger partial charge < -0.3 is 5.32 Å². The van der Waals surface area contributed by atoms with Crippen molar-refractivity contribution in [2.24, 2.45) is 0 Å². The number of hydrogen-bond donors (Lipinski definition) is 1. The minimum atomic E-state index is 0.198. The first kappa shape index (κ1) is 19.5. The highest BCUT2D eigenvalue weighted by molar-refractivity contribution is 7.99. The molecule has 1 heterocycles. The Kier molecular flexibility index (Phi) is 5.55. The van der Waals surface area contributed by atoms with Crippen LogP contribution in [0.3, 0.4) is 0 Å². The number of benzene rings is 2. The molecule has 0 saturated carbocycles. The lowest BCUT2D eigenvalue weighted by molar-refractivity contribution is 0.560. The predicted octanol–water partition coefficient (Wildman–Crippen LogP) is 6.08. The third-order valence-electron chi connectivity index (χ3n) is 5.42. The topological polar surface area (TPSA) is 12.0 Å². The van der Waals surface area contributed by atoms with Gasteiger partial charge in [0.05, 0.1) is 0 Å². The number of nitrogens with one attached hydrogen (secondary N) is 1. The molecule has 2 aromatic carbocycles. The summed E-state index contributed by atoms with van der Waals surface area (Å²) in [7, 11) is 0. The van der Waals surface area contributed by atoms with E-state index in [-0.39, 0.29) is 10.8 Å². The van der Waals surface area contributed by atoms with E-state index in [1.54, 1.807) is 0 Å². The van der Waals surface area contributed by atoms with Crippen LogP contribution in [-0.4, -0.2) is 17.7 Å². The van der Waals surface area contributed by atoms with Crippen molar-refractivity contribution in [2.75, 3.05) is 11.6 Å². The van der Waals surface area contributed by atoms with Crippen LogP contribution >= 0.6 is 11.8 Å². The molecule has 1 fully saturated rings. The van der Waals surface area contributed by atoms with Crippen molar-refractivity contribution in [1.29, 1.82) is 0 Å². The Morgan fingerprint density at radius 2 is 1.19 bits per heavy atom. The molecule has 0 radical (unpaired) electrons. The molecule has 2 aromatic rings. The Balaban J connectivity index is 1.95. The number of rotatable bonds is 3. The minimum absolute atomic E-state index is 0.198. The minimum Gasteiger partial charge on any atom is -0.303 e. The van der Waals surface area contributed by atoms with E-state index in [4.69, 9.17) is 0 Å². The summed E-state index contributed by atoms with van der Waals surface area (Å²) in [5.74, 6) is 2.64. The average Bonchev–Trinajstić information content (AvgIpc) is 3.08. The van der Waals surface area contributed by atoms with Crippen LogP contribution in [0.4, 0.5) is 0 Å². The summed E-state index contributed by atoms with van der Waals surface area (Å²) in [5.41, 5.74) is 6.03. The SMILES string of the molecule is CC(C)(C)c1ccc(C(c2ccc(C(C)(C)C)cc2)C2CSCN2)cc1. The lowest BCUT2D eigenvalue weighted by Gasteiger charge is -2.27. The van der Waals surface area contributed by atoms with E-state index in [0.717, 1.165) is 5.88 Å². The molecule has 1 saturated heterocycles. The van der Waals surface area contributed by atoms with Crippen LogP contribution in [0.25, 0.3) is 0 Å². The fraction of sp³-hybridized carbons (Fsp3) is 0.500. The highest BCUT2D eigenvalue weighted by Gasteiger charge is 2.28. The zero-order valence-electron chi connectivity index (χ0n) is 17.1. The first-order valence-corrected chi connectivity index (χ1v) is 10.8.